The Kier molecular flexibility index (Phi) is 5.90. The quantitative estimate of drug-likeness (QED) is 0.383. The fourth-order valence-electron chi connectivity index (χ4n) is 4.09. The van der Waals surface area contributed by atoms with Gasteiger partial charge in [0.1, 0.15) is 5.75 Å². The largest absolute Gasteiger partial charge is 0.497 e. The van der Waals surface area contributed by atoms with Crippen LogP contribution >= 0.6 is 11.3 Å². The van der Waals surface area contributed by atoms with Gasteiger partial charge in [-0.2, -0.15) is 4.98 Å². The van der Waals surface area contributed by atoms with Crippen molar-refractivity contribution in [3.8, 4) is 16.5 Å². The van der Waals surface area contributed by atoms with Gasteiger partial charge in [0.15, 0.2) is 0 Å². The highest BCUT2D eigenvalue weighted by Gasteiger charge is 2.36. The first-order valence-electron chi connectivity index (χ1n) is 10.9. The molecule has 0 bridgehead atoms. The molecule has 1 atom stereocenters. The number of methoxy groups -OCH3 is 1. The molecular weight excluding hydrogens is 448 g/mol. The van der Waals surface area contributed by atoms with Crippen molar-refractivity contribution in [2.75, 3.05) is 7.11 Å². The predicted molar refractivity (Wildman–Crippen MR) is 131 cm³/mol. The molecule has 4 aromatic rings. The highest BCUT2D eigenvalue weighted by Crippen LogP contribution is 2.38. The number of carbonyl (C=O) groups is 1. The van der Waals surface area contributed by atoms with Crippen LogP contribution in [0.15, 0.2) is 76.3 Å². The molecule has 0 aliphatic carbocycles. The first-order valence-corrected chi connectivity index (χ1v) is 11.8. The zero-order chi connectivity index (χ0) is 23.7. The number of carbonyl (C=O) groups excluding carboxylic acids is 1. The van der Waals surface area contributed by atoms with Gasteiger partial charge >= 0.3 is 6.03 Å². The van der Waals surface area contributed by atoms with E-state index in [9.17, 15) is 4.79 Å². The Labute approximate surface area is 201 Å². The number of hydrogen-bond donors (Lipinski definition) is 1. The first kappa shape index (κ1) is 21.9. The molecule has 1 unspecified atom stereocenters. The molecule has 0 saturated heterocycles. The lowest BCUT2D eigenvalue weighted by atomic mass is 9.94. The first-order chi connectivity index (χ1) is 16.5. The second kappa shape index (κ2) is 9.15. The molecule has 8 heteroatoms. The second-order valence-electron chi connectivity index (χ2n) is 8.07. The van der Waals surface area contributed by atoms with Crippen molar-refractivity contribution in [1.82, 2.24) is 20.4 Å². The summed E-state index contributed by atoms with van der Waals surface area (Å²) < 4.78 is 11.0. The van der Waals surface area contributed by atoms with Gasteiger partial charge < -0.3 is 14.6 Å². The molecule has 0 saturated carbocycles. The molecule has 7 nitrogen and oxygen atoms in total. The molecule has 0 radical (unpaired) electrons. The summed E-state index contributed by atoms with van der Waals surface area (Å²) in [6.45, 7) is 4.41. The summed E-state index contributed by atoms with van der Waals surface area (Å²) in [4.78, 5) is 20.6. The number of nitrogens with zero attached hydrogens (tertiary/aromatic N) is 3. The van der Waals surface area contributed by atoms with Crippen LogP contribution in [0.1, 0.15) is 35.5 Å². The van der Waals surface area contributed by atoms with Crippen molar-refractivity contribution in [3.05, 3.63) is 94.3 Å². The summed E-state index contributed by atoms with van der Waals surface area (Å²) in [5.41, 5.74) is 4.64. The third-order valence-electron chi connectivity index (χ3n) is 6.03. The maximum atomic E-state index is 13.3. The van der Waals surface area contributed by atoms with Crippen LogP contribution in [0.5, 0.6) is 5.75 Å². The molecule has 1 aliphatic rings. The van der Waals surface area contributed by atoms with Crippen molar-refractivity contribution in [2.45, 2.75) is 26.4 Å². The number of rotatable bonds is 6. The fourth-order valence-corrected chi connectivity index (χ4v) is 4.74. The van der Waals surface area contributed by atoms with Gasteiger partial charge in [0, 0.05) is 5.70 Å². The van der Waals surface area contributed by atoms with Gasteiger partial charge in [0.05, 0.1) is 30.1 Å². The van der Waals surface area contributed by atoms with E-state index in [2.05, 4.69) is 10.5 Å². The van der Waals surface area contributed by atoms with E-state index < -0.39 is 6.04 Å². The maximum Gasteiger partial charge on any atom is 0.322 e. The number of nitrogens with one attached hydrogen (secondary N) is 1. The lowest BCUT2D eigenvalue weighted by molar-refractivity contribution is 0.203. The van der Waals surface area contributed by atoms with E-state index >= 15 is 0 Å². The number of ether oxygens (including phenoxy) is 1. The summed E-state index contributed by atoms with van der Waals surface area (Å²) in [6, 6.07) is 19.0. The molecule has 1 aliphatic heterocycles. The van der Waals surface area contributed by atoms with Crippen molar-refractivity contribution in [3.63, 3.8) is 0 Å². The zero-order valence-corrected chi connectivity index (χ0v) is 19.9. The average Bonchev–Trinajstić information content (AvgIpc) is 3.55. The van der Waals surface area contributed by atoms with Gasteiger partial charge in [-0.15, -0.1) is 11.3 Å². The van der Waals surface area contributed by atoms with E-state index in [1.54, 1.807) is 23.3 Å². The molecular formula is C26H24N4O3S. The van der Waals surface area contributed by atoms with Gasteiger partial charge in [-0.3, -0.25) is 4.90 Å². The average molecular weight is 473 g/mol. The smallest absolute Gasteiger partial charge is 0.322 e. The van der Waals surface area contributed by atoms with Crippen LogP contribution in [0.4, 0.5) is 4.79 Å². The van der Waals surface area contributed by atoms with Gasteiger partial charge in [-0.05, 0) is 54.1 Å². The predicted octanol–water partition coefficient (Wildman–Crippen LogP) is 5.81. The van der Waals surface area contributed by atoms with Crippen LogP contribution in [0, 0.1) is 6.92 Å². The molecule has 34 heavy (non-hydrogen) atoms. The summed E-state index contributed by atoms with van der Waals surface area (Å²) in [6.07, 6.45) is 0. The number of hydrogen-bond acceptors (Lipinski definition) is 6. The Morgan fingerprint density at radius 1 is 1.09 bits per heavy atom. The van der Waals surface area contributed by atoms with E-state index in [0.717, 1.165) is 38.6 Å². The molecule has 1 N–H and O–H groups in total. The molecule has 2 aromatic heterocycles. The zero-order valence-electron chi connectivity index (χ0n) is 19.1. The lowest BCUT2D eigenvalue weighted by Crippen LogP contribution is -2.45. The number of urea groups is 1. The highest BCUT2D eigenvalue weighted by molar-refractivity contribution is 7.13. The molecule has 0 fully saturated rings. The van der Waals surface area contributed by atoms with E-state index in [4.69, 9.17) is 14.2 Å². The molecule has 0 spiro atoms. The number of amides is 2. The summed E-state index contributed by atoms with van der Waals surface area (Å²) in [7, 11) is 1.63. The minimum Gasteiger partial charge on any atom is -0.497 e. The van der Waals surface area contributed by atoms with Crippen molar-refractivity contribution in [1.29, 1.82) is 0 Å². The second-order valence-corrected chi connectivity index (χ2v) is 9.02. The Balaban J connectivity index is 1.60. The van der Waals surface area contributed by atoms with E-state index in [0.29, 0.717) is 18.3 Å². The van der Waals surface area contributed by atoms with Crippen LogP contribution in [0.2, 0.25) is 0 Å². The van der Waals surface area contributed by atoms with Crippen molar-refractivity contribution in [2.24, 2.45) is 0 Å². The topological polar surface area (TPSA) is 80.5 Å². The summed E-state index contributed by atoms with van der Waals surface area (Å²) in [5.74, 6) is 1.66. The van der Waals surface area contributed by atoms with Crippen molar-refractivity contribution >= 4 is 22.9 Å². The van der Waals surface area contributed by atoms with Gasteiger partial charge in [0.25, 0.3) is 5.89 Å². The van der Waals surface area contributed by atoms with Gasteiger partial charge in [-0.1, -0.05) is 47.6 Å². The lowest BCUT2D eigenvalue weighted by Gasteiger charge is -2.35. The SMILES string of the molecule is COc1ccc(C2NC(=O)N(Cc3ccccc3C)C(C)=C2c2nc(-c3cccs3)no2)cc1. The molecule has 5 rings (SSSR count). The number of allylic oxidation sites excluding steroid dienone is 1. The summed E-state index contributed by atoms with van der Waals surface area (Å²) in [5, 5.41) is 9.32. The number of aromatic nitrogens is 2. The molecule has 172 valence electrons. The molecule has 2 aromatic carbocycles. The highest BCUT2D eigenvalue weighted by atomic mass is 32.1. The maximum absolute atomic E-state index is 13.3. The third kappa shape index (κ3) is 4.08. The minimum atomic E-state index is -0.442. The van der Waals surface area contributed by atoms with Crippen LogP contribution in [-0.2, 0) is 6.54 Å². The van der Waals surface area contributed by atoms with Crippen molar-refractivity contribution < 1.29 is 14.1 Å². The van der Waals surface area contributed by atoms with Crippen LogP contribution < -0.4 is 10.1 Å². The molecule has 3 heterocycles. The number of aryl methyl sites for hydroxylation is 1. The van der Waals surface area contributed by atoms with Crippen LogP contribution in [-0.4, -0.2) is 28.2 Å². The van der Waals surface area contributed by atoms with E-state index in [1.165, 1.54) is 0 Å². The number of thiophene rings is 1. The monoisotopic (exact) mass is 472 g/mol. The van der Waals surface area contributed by atoms with Gasteiger partial charge in [-0.25, -0.2) is 4.79 Å². The van der Waals surface area contributed by atoms with Crippen LogP contribution in [0.25, 0.3) is 16.3 Å². The fraction of sp³-hybridized carbons (Fsp3) is 0.192. The Bertz CT molecular complexity index is 1340. The standard InChI is InChI=1S/C26H24N4O3S/c1-16-7-4-5-8-19(16)15-30-17(2)22(25-28-24(29-33-25)21-9-6-14-34-21)23(27-26(30)31)18-10-12-20(32-3)13-11-18/h4-14,23H,15H2,1-3H3,(H,27,31). The molecule has 2 amide bonds. The third-order valence-corrected chi connectivity index (χ3v) is 6.90. The minimum absolute atomic E-state index is 0.177. The summed E-state index contributed by atoms with van der Waals surface area (Å²) >= 11 is 1.55. The van der Waals surface area contributed by atoms with Gasteiger partial charge in [0.2, 0.25) is 5.82 Å². The van der Waals surface area contributed by atoms with E-state index in [-0.39, 0.29) is 6.03 Å². The van der Waals surface area contributed by atoms with E-state index in [1.807, 2.05) is 79.9 Å². The normalized spacial score (nSPS) is 16.0. The number of benzene rings is 2. The Morgan fingerprint density at radius 2 is 1.88 bits per heavy atom. The van der Waals surface area contributed by atoms with Crippen LogP contribution in [0.3, 0.4) is 0 Å². The Hall–Kier alpha value is -3.91. The Morgan fingerprint density at radius 3 is 2.59 bits per heavy atom.